The Bertz CT molecular complexity index is 804. The fraction of sp³-hybridized carbons (Fsp3) is 0.235. The molecule has 9 heteroatoms. The predicted octanol–water partition coefficient (Wildman–Crippen LogP) is 1.11. The zero-order valence-electron chi connectivity index (χ0n) is 14.4. The Hall–Kier alpha value is -3.00. The largest absolute Gasteiger partial charge is 0.468 e. The molecule has 0 saturated heterocycles. The highest BCUT2D eigenvalue weighted by Crippen LogP contribution is 2.15. The van der Waals surface area contributed by atoms with Crippen molar-refractivity contribution in [1.29, 1.82) is 0 Å². The van der Waals surface area contributed by atoms with E-state index < -0.39 is 5.97 Å². The number of nitrogens with one attached hydrogen (secondary N) is 2. The molecule has 4 N–H and O–H groups in total. The van der Waals surface area contributed by atoms with Crippen LogP contribution < -0.4 is 16.4 Å². The number of nitrogens with zero attached hydrogens (tertiary/aromatic N) is 1. The number of carbonyl (C=O) groups is 3. The van der Waals surface area contributed by atoms with Gasteiger partial charge in [-0.3, -0.25) is 14.4 Å². The SMILES string of the molecule is COC(=O)CNC(=O)Cc1cccc(NC(=O)c2cc(N)cn2C)c1.Cl. The normalized spacial score (nSPS) is 9.77. The highest BCUT2D eigenvalue weighted by molar-refractivity contribution is 6.03. The molecular formula is C17H21ClN4O4. The first kappa shape index (κ1) is 21.0. The molecule has 2 amide bonds. The summed E-state index contributed by atoms with van der Waals surface area (Å²) in [4.78, 5) is 35.1. The predicted molar refractivity (Wildman–Crippen MR) is 100 cm³/mol. The lowest BCUT2D eigenvalue weighted by molar-refractivity contribution is -0.141. The van der Waals surface area contributed by atoms with E-state index in [0.717, 1.165) is 0 Å². The first-order valence-electron chi connectivity index (χ1n) is 7.54. The molecule has 26 heavy (non-hydrogen) atoms. The molecule has 140 valence electrons. The van der Waals surface area contributed by atoms with E-state index in [4.69, 9.17) is 5.73 Å². The number of methoxy groups -OCH3 is 1. The van der Waals surface area contributed by atoms with Crippen molar-refractivity contribution in [3.05, 3.63) is 47.8 Å². The zero-order valence-corrected chi connectivity index (χ0v) is 15.3. The van der Waals surface area contributed by atoms with Crippen molar-refractivity contribution in [2.75, 3.05) is 24.7 Å². The summed E-state index contributed by atoms with van der Waals surface area (Å²) >= 11 is 0. The second-order valence-electron chi connectivity index (χ2n) is 5.45. The molecule has 0 aliphatic heterocycles. The second kappa shape index (κ2) is 9.47. The van der Waals surface area contributed by atoms with Gasteiger partial charge < -0.3 is 25.7 Å². The van der Waals surface area contributed by atoms with Gasteiger partial charge in [-0.05, 0) is 23.8 Å². The molecule has 0 bridgehead atoms. The van der Waals surface area contributed by atoms with E-state index in [-0.39, 0.29) is 37.2 Å². The molecule has 0 atom stereocenters. The van der Waals surface area contributed by atoms with Crippen LogP contribution in [0.15, 0.2) is 36.5 Å². The summed E-state index contributed by atoms with van der Waals surface area (Å²) in [6.45, 7) is -0.180. The lowest BCUT2D eigenvalue weighted by Crippen LogP contribution is -2.31. The third kappa shape index (κ3) is 5.82. The van der Waals surface area contributed by atoms with Crippen LogP contribution >= 0.6 is 12.4 Å². The van der Waals surface area contributed by atoms with Crippen molar-refractivity contribution in [2.24, 2.45) is 7.05 Å². The monoisotopic (exact) mass is 380 g/mol. The number of hydrogen-bond donors (Lipinski definition) is 3. The highest BCUT2D eigenvalue weighted by atomic mass is 35.5. The fourth-order valence-electron chi connectivity index (χ4n) is 2.26. The van der Waals surface area contributed by atoms with Gasteiger partial charge in [-0.15, -0.1) is 12.4 Å². The van der Waals surface area contributed by atoms with Crippen molar-refractivity contribution >= 4 is 41.6 Å². The average Bonchev–Trinajstić information content (AvgIpc) is 2.91. The van der Waals surface area contributed by atoms with Crippen molar-refractivity contribution in [3.8, 4) is 0 Å². The molecule has 0 aliphatic rings. The smallest absolute Gasteiger partial charge is 0.325 e. The quantitative estimate of drug-likeness (QED) is 0.649. The molecule has 0 aliphatic carbocycles. The second-order valence-corrected chi connectivity index (χ2v) is 5.45. The van der Waals surface area contributed by atoms with Gasteiger partial charge in [0.25, 0.3) is 5.91 Å². The van der Waals surface area contributed by atoms with Gasteiger partial charge in [0.1, 0.15) is 12.2 Å². The number of benzene rings is 1. The molecular weight excluding hydrogens is 360 g/mol. The number of carbonyl (C=O) groups excluding carboxylic acids is 3. The molecule has 0 unspecified atom stereocenters. The number of rotatable bonds is 6. The fourth-order valence-corrected chi connectivity index (χ4v) is 2.26. The number of anilines is 2. The van der Waals surface area contributed by atoms with E-state index in [1.165, 1.54) is 7.11 Å². The van der Waals surface area contributed by atoms with Crippen LogP contribution in [0.25, 0.3) is 0 Å². The highest BCUT2D eigenvalue weighted by Gasteiger charge is 2.12. The minimum Gasteiger partial charge on any atom is -0.468 e. The molecule has 1 heterocycles. The molecule has 1 aromatic carbocycles. The number of hydrogen-bond acceptors (Lipinski definition) is 5. The molecule has 0 radical (unpaired) electrons. The minimum absolute atomic E-state index is 0. The number of ether oxygens (including phenoxy) is 1. The van der Waals surface area contributed by atoms with Gasteiger partial charge in [0.15, 0.2) is 0 Å². The van der Waals surface area contributed by atoms with E-state index in [1.54, 1.807) is 48.1 Å². The van der Waals surface area contributed by atoms with Crippen LogP contribution in [0.2, 0.25) is 0 Å². The van der Waals surface area contributed by atoms with Gasteiger partial charge in [-0.2, -0.15) is 0 Å². The Balaban J connectivity index is 0.00000338. The summed E-state index contributed by atoms with van der Waals surface area (Å²) in [7, 11) is 2.98. The standard InChI is InChI=1S/C17H20N4O4.ClH/c1-21-10-12(18)8-14(21)17(24)20-13-5-3-4-11(6-13)7-15(22)19-9-16(23)25-2;/h3-6,8,10H,7,9,18H2,1-2H3,(H,19,22)(H,20,24);1H. The number of esters is 1. The van der Waals surface area contributed by atoms with E-state index in [0.29, 0.717) is 22.6 Å². The Labute approximate surface area is 157 Å². The lowest BCUT2D eigenvalue weighted by atomic mass is 10.1. The summed E-state index contributed by atoms with van der Waals surface area (Å²) < 4.78 is 6.09. The van der Waals surface area contributed by atoms with Crippen LogP contribution in [-0.4, -0.2) is 36.0 Å². The molecule has 0 spiro atoms. The Morgan fingerprint density at radius 3 is 2.58 bits per heavy atom. The number of nitrogens with two attached hydrogens (primary N) is 1. The van der Waals surface area contributed by atoms with Crippen molar-refractivity contribution in [3.63, 3.8) is 0 Å². The van der Waals surface area contributed by atoms with Gasteiger partial charge in [0, 0.05) is 18.9 Å². The number of aryl methyl sites for hydroxylation is 1. The maximum atomic E-state index is 12.3. The molecule has 1 aromatic heterocycles. The van der Waals surface area contributed by atoms with Gasteiger partial charge in [0.05, 0.1) is 19.2 Å². The Morgan fingerprint density at radius 1 is 1.23 bits per heavy atom. The molecule has 8 nitrogen and oxygen atoms in total. The summed E-state index contributed by atoms with van der Waals surface area (Å²) in [5, 5.41) is 5.22. The topological polar surface area (TPSA) is 115 Å². The van der Waals surface area contributed by atoms with Crippen LogP contribution in [0.3, 0.4) is 0 Å². The maximum absolute atomic E-state index is 12.3. The first-order chi connectivity index (χ1) is 11.9. The van der Waals surface area contributed by atoms with Crippen LogP contribution in [-0.2, 0) is 27.8 Å². The molecule has 2 aromatic rings. The summed E-state index contributed by atoms with van der Waals surface area (Å²) in [6.07, 6.45) is 1.73. The van der Waals surface area contributed by atoms with Crippen LogP contribution in [0.4, 0.5) is 11.4 Å². The zero-order chi connectivity index (χ0) is 18.4. The Kier molecular flexibility index (Phi) is 7.67. The van der Waals surface area contributed by atoms with Crippen molar-refractivity contribution in [1.82, 2.24) is 9.88 Å². The number of halogens is 1. The third-order valence-electron chi connectivity index (χ3n) is 3.47. The van der Waals surface area contributed by atoms with E-state index in [9.17, 15) is 14.4 Å². The number of nitrogen functional groups attached to an aromatic ring is 1. The van der Waals surface area contributed by atoms with Crippen molar-refractivity contribution in [2.45, 2.75) is 6.42 Å². The third-order valence-corrected chi connectivity index (χ3v) is 3.47. The van der Waals surface area contributed by atoms with Gasteiger partial charge in [-0.25, -0.2) is 0 Å². The van der Waals surface area contributed by atoms with E-state index in [1.807, 2.05) is 0 Å². The number of aromatic nitrogens is 1. The van der Waals surface area contributed by atoms with E-state index >= 15 is 0 Å². The Morgan fingerprint density at radius 2 is 1.96 bits per heavy atom. The van der Waals surface area contributed by atoms with Crippen molar-refractivity contribution < 1.29 is 19.1 Å². The average molecular weight is 381 g/mol. The summed E-state index contributed by atoms with van der Waals surface area (Å²) in [5.74, 6) is -1.13. The summed E-state index contributed by atoms with van der Waals surface area (Å²) in [6, 6.07) is 8.49. The van der Waals surface area contributed by atoms with Gasteiger partial charge in [0.2, 0.25) is 5.91 Å². The minimum atomic E-state index is -0.517. The van der Waals surface area contributed by atoms with Crippen LogP contribution in [0, 0.1) is 0 Å². The lowest BCUT2D eigenvalue weighted by Gasteiger charge is -2.08. The van der Waals surface area contributed by atoms with Crippen LogP contribution in [0.5, 0.6) is 0 Å². The van der Waals surface area contributed by atoms with Gasteiger partial charge in [-0.1, -0.05) is 12.1 Å². The van der Waals surface area contributed by atoms with E-state index in [2.05, 4.69) is 15.4 Å². The van der Waals surface area contributed by atoms with Gasteiger partial charge >= 0.3 is 5.97 Å². The molecule has 0 saturated carbocycles. The molecule has 0 fully saturated rings. The maximum Gasteiger partial charge on any atom is 0.325 e. The first-order valence-corrected chi connectivity index (χ1v) is 7.54. The van der Waals surface area contributed by atoms with Crippen LogP contribution in [0.1, 0.15) is 16.1 Å². The number of amides is 2. The molecule has 2 rings (SSSR count). The summed E-state index contributed by atoms with van der Waals surface area (Å²) in [5.41, 5.74) is 7.86.